The SMILES string of the molecule is CN1CCCC(NCC2COCCO2)C1. The number of likely N-dealkylation sites (N-methyl/N-ethyl adjacent to an activating group) is 1. The molecule has 2 unspecified atom stereocenters. The number of nitrogens with one attached hydrogen (secondary N) is 1. The third-order valence-electron chi connectivity index (χ3n) is 3.14. The summed E-state index contributed by atoms with van der Waals surface area (Å²) in [5.41, 5.74) is 0. The van der Waals surface area contributed by atoms with Crippen molar-refractivity contribution >= 4 is 0 Å². The van der Waals surface area contributed by atoms with Gasteiger partial charge in [-0.15, -0.1) is 0 Å². The number of likely N-dealkylation sites (tertiary alicyclic amines) is 1. The van der Waals surface area contributed by atoms with Gasteiger partial charge in [0.25, 0.3) is 0 Å². The molecule has 2 fully saturated rings. The zero-order valence-corrected chi connectivity index (χ0v) is 9.58. The van der Waals surface area contributed by atoms with Gasteiger partial charge in [0.1, 0.15) is 0 Å². The number of nitrogens with zero attached hydrogens (tertiary/aromatic N) is 1. The lowest BCUT2D eigenvalue weighted by Gasteiger charge is -2.32. The Balaban J connectivity index is 1.63. The van der Waals surface area contributed by atoms with Crippen LogP contribution in [0.2, 0.25) is 0 Å². The first kappa shape index (κ1) is 11.3. The zero-order valence-electron chi connectivity index (χ0n) is 9.58. The van der Waals surface area contributed by atoms with Gasteiger partial charge < -0.3 is 19.7 Å². The summed E-state index contributed by atoms with van der Waals surface area (Å²) in [6.45, 7) is 5.57. The summed E-state index contributed by atoms with van der Waals surface area (Å²) >= 11 is 0. The number of hydrogen-bond donors (Lipinski definition) is 1. The second-order valence-corrected chi connectivity index (χ2v) is 4.58. The van der Waals surface area contributed by atoms with Crippen molar-refractivity contribution in [2.45, 2.75) is 25.0 Å². The Morgan fingerprint density at radius 3 is 3.07 bits per heavy atom. The molecule has 88 valence electrons. The van der Waals surface area contributed by atoms with E-state index in [0.717, 1.165) is 32.9 Å². The van der Waals surface area contributed by atoms with Gasteiger partial charge >= 0.3 is 0 Å². The summed E-state index contributed by atoms with van der Waals surface area (Å²) in [7, 11) is 2.19. The van der Waals surface area contributed by atoms with Gasteiger partial charge in [0.2, 0.25) is 0 Å². The highest BCUT2D eigenvalue weighted by Crippen LogP contribution is 2.08. The van der Waals surface area contributed by atoms with Crippen molar-refractivity contribution in [3.05, 3.63) is 0 Å². The van der Waals surface area contributed by atoms with Crippen LogP contribution in [0.3, 0.4) is 0 Å². The van der Waals surface area contributed by atoms with Gasteiger partial charge in [-0.1, -0.05) is 0 Å². The molecule has 0 spiro atoms. The molecule has 0 bridgehead atoms. The Morgan fingerprint density at radius 2 is 2.33 bits per heavy atom. The van der Waals surface area contributed by atoms with Crippen LogP contribution in [-0.2, 0) is 9.47 Å². The lowest BCUT2D eigenvalue weighted by Crippen LogP contribution is -2.48. The fourth-order valence-electron chi connectivity index (χ4n) is 2.29. The molecule has 2 rings (SSSR count). The minimum atomic E-state index is 0.256. The van der Waals surface area contributed by atoms with Crippen molar-refractivity contribution in [1.82, 2.24) is 10.2 Å². The van der Waals surface area contributed by atoms with Crippen molar-refractivity contribution in [1.29, 1.82) is 0 Å². The van der Waals surface area contributed by atoms with Gasteiger partial charge in [-0.2, -0.15) is 0 Å². The number of hydrogen-bond acceptors (Lipinski definition) is 4. The third kappa shape index (κ3) is 3.72. The summed E-state index contributed by atoms with van der Waals surface area (Å²) in [4.78, 5) is 2.39. The maximum absolute atomic E-state index is 5.59. The molecule has 0 aromatic carbocycles. The number of rotatable bonds is 3. The average molecular weight is 214 g/mol. The molecule has 0 aromatic rings. The van der Waals surface area contributed by atoms with E-state index in [2.05, 4.69) is 17.3 Å². The summed E-state index contributed by atoms with van der Waals surface area (Å²) in [5, 5.41) is 3.58. The van der Waals surface area contributed by atoms with E-state index in [1.807, 2.05) is 0 Å². The molecule has 2 heterocycles. The Labute approximate surface area is 91.9 Å². The van der Waals surface area contributed by atoms with Gasteiger partial charge in [-0.05, 0) is 26.4 Å². The second-order valence-electron chi connectivity index (χ2n) is 4.58. The molecule has 2 aliphatic heterocycles. The summed E-state index contributed by atoms with van der Waals surface area (Å²) in [6, 6.07) is 0.634. The van der Waals surface area contributed by atoms with Gasteiger partial charge in [-0.25, -0.2) is 0 Å². The maximum Gasteiger partial charge on any atom is 0.0933 e. The van der Waals surface area contributed by atoms with Gasteiger partial charge in [-0.3, -0.25) is 0 Å². The van der Waals surface area contributed by atoms with Gasteiger partial charge in [0.05, 0.1) is 25.9 Å². The Bertz CT molecular complexity index is 183. The van der Waals surface area contributed by atoms with E-state index in [1.165, 1.54) is 19.4 Å². The molecule has 15 heavy (non-hydrogen) atoms. The van der Waals surface area contributed by atoms with E-state index in [4.69, 9.17) is 9.47 Å². The molecule has 0 amide bonds. The van der Waals surface area contributed by atoms with E-state index in [9.17, 15) is 0 Å². The highest BCUT2D eigenvalue weighted by molar-refractivity contribution is 4.78. The normalized spacial score (nSPS) is 34.2. The minimum Gasteiger partial charge on any atom is -0.376 e. The van der Waals surface area contributed by atoms with Crippen molar-refractivity contribution in [3.63, 3.8) is 0 Å². The first-order chi connectivity index (χ1) is 7.34. The first-order valence-corrected chi connectivity index (χ1v) is 5.96. The Morgan fingerprint density at radius 1 is 1.40 bits per heavy atom. The van der Waals surface area contributed by atoms with Crippen LogP contribution in [0, 0.1) is 0 Å². The van der Waals surface area contributed by atoms with Crippen molar-refractivity contribution in [2.24, 2.45) is 0 Å². The van der Waals surface area contributed by atoms with Crippen molar-refractivity contribution in [2.75, 3.05) is 46.5 Å². The summed E-state index contributed by atoms with van der Waals surface area (Å²) in [6.07, 6.45) is 2.85. The smallest absolute Gasteiger partial charge is 0.0933 e. The molecular formula is C11H22N2O2. The predicted molar refractivity (Wildman–Crippen MR) is 59.1 cm³/mol. The van der Waals surface area contributed by atoms with Gasteiger partial charge in [0.15, 0.2) is 0 Å². The summed E-state index contributed by atoms with van der Waals surface area (Å²) < 4.78 is 11.0. The van der Waals surface area contributed by atoms with Crippen LogP contribution in [-0.4, -0.2) is 63.5 Å². The predicted octanol–water partition coefficient (Wildman–Crippen LogP) is 0.0856. The van der Waals surface area contributed by atoms with E-state index in [0.29, 0.717) is 6.04 Å². The fourth-order valence-corrected chi connectivity index (χ4v) is 2.29. The van der Waals surface area contributed by atoms with E-state index < -0.39 is 0 Å². The van der Waals surface area contributed by atoms with E-state index in [1.54, 1.807) is 0 Å². The van der Waals surface area contributed by atoms with Crippen LogP contribution in [0.5, 0.6) is 0 Å². The molecule has 2 aliphatic rings. The van der Waals surface area contributed by atoms with Crippen LogP contribution in [0.1, 0.15) is 12.8 Å². The molecular weight excluding hydrogens is 192 g/mol. The Hall–Kier alpha value is -0.160. The van der Waals surface area contributed by atoms with Crippen LogP contribution in [0.4, 0.5) is 0 Å². The Kier molecular flexibility index (Phi) is 4.38. The van der Waals surface area contributed by atoms with Crippen molar-refractivity contribution in [3.8, 4) is 0 Å². The van der Waals surface area contributed by atoms with Crippen LogP contribution < -0.4 is 5.32 Å². The van der Waals surface area contributed by atoms with Crippen LogP contribution in [0.25, 0.3) is 0 Å². The quantitative estimate of drug-likeness (QED) is 0.722. The van der Waals surface area contributed by atoms with Crippen molar-refractivity contribution < 1.29 is 9.47 Å². The zero-order chi connectivity index (χ0) is 10.5. The summed E-state index contributed by atoms with van der Waals surface area (Å²) in [5.74, 6) is 0. The molecule has 4 heteroatoms. The van der Waals surface area contributed by atoms with Crippen LogP contribution >= 0.6 is 0 Å². The monoisotopic (exact) mass is 214 g/mol. The minimum absolute atomic E-state index is 0.256. The lowest BCUT2D eigenvalue weighted by molar-refractivity contribution is -0.0874. The highest BCUT2D eigenvalue weighted by atomic mass is 16.6. The molecule has 0 radical (unpaired) electrons. The number of piperidine rings is 1. The average Bonchev–Trinajstić information content (AvgIpc) is 2.28. The molecule has 4 nitrogen and oxygen atoms in total. The third-order valence-corrected chi connectivity index (χ3v) is 3.14. The molecule has 0 aromatic heterocycles. The van der Waals surface area contributed by atoms with Crippen LogP contribution in [0.15, 0.2) is 0 Å². The molecule has 2 atom stereocenters. The second kappa shape index (κ2) is 5.80. The molecule has 0 aliphatic carbocycles. The molecule has 2 saturated heterocycles. The largest absolute Gasteiger partial charge is 0.376 e. The number of ether oxygens (including phenoxy) is 2. The molecule has 0 saturated carbocycles. The lowest BCUT2D eigenvalue weighted by atomic mass is 10.1. The standard InChI is InChI=1S/C11H22N2O2/c1-13-4-2-3-10(8-13)12-7-11-9-14-5-6-15-11/h10-12H,2-9H2,1H3. The highest BCUT2D eigenvalue weighted by Gasteiger charge is 2.19. The topological polar surface area (TPSA) is 33.7 Å². The molecule has 1 N–H and O–H groups in total. The fraction of sp³-hybridized carbons (Fsp3) is 1.00. The van der Waals surface area contributed by atoms with E-state index >= 15 is 0 Å². The first-order valence-electron chi connectivity index (χ1n) is 5.96. The van der Waals surface area contributed by atoms with E-state index in [-0.39, 0.29) is 6.10 Å². The maximum atomic E-state index is 5.59. The van der Waals surface area contributed by atoms with Gasteiger partial charge in [0, 0.05) is 19.1 Å².